The highest BCUT2D eigenvalue weighted by atomic mass is 16.5. The van der Waals surface area contributed by atoms with E-state index in [9.17, 15) is 5.11 Å². The van der Waals surface area contributed by atoms with Gasteiger partial charge in [0.05, 0.1) is 5.69 Å². The Bertz CT molecular complexity index is 734. The van der Waals surface area contributed by atoms with Crippen LogP contribution in [0.1, 0.15) is 16.7 Å². The van der Waals surface area contributed by atoms with Crippen LogP contribution in [0.3, 0.4) is 0 Å². The standard InChI is InChI=1S/C13H10N4O2/c14-5-8-10(15)7-4-6-2-1-3-9(18)11(6)19-13(7)17-12(8)16/h1-3,18H,4H2,(H4,15,16,17). The molecule has 0 fully saturated rings. The van der Waals surface area contributed by atoms with E-state index < -0.39 is 0 Å². The Morgan fingerprint density at radius 2 is 2.16 bits per heavy atom. The van der Waals surface area contributed by atoms with Crippen molar-refractivity contribution in [2.75, 3.05) is 11.5 Å². The molecule has 0 amide bonds. The molecule has 0 saturated heterocycles. The van der Waals surface area contributed by atoms with Crippen LogP contribution in [-0.4, -0.2) is 10.1 Å². The number of nitrogen functional groups attached to an aromatic ring is 2. The van der Waals surface area contributed by atoms with Crippen molar-refractivity contribution in [2.45, 2.75) is 6.42 Å². The van der Waals surface area contributed by atoms with Crippen LogP contribution in [0.25, 0.3) is 0 Å². The van der Waals surface area contributed by atoms with E-state index in [0.29, 0.717) is 17.7 Å². The van der Waals surface area contributed by atoms with Gasteiger partial charge in [-0.1, -0.05) is 12.1 Å². The number of phenols is 1. The summed E-state index contributed by atoms with van der Waals surface area (Å²) in [5, 5.41) is 18.8. The van der Waals surface area contributed by atoms with Gasteiger partial charge in [0, 0.05) is 17.5 Å². The zero-order chi connectivity index (χ0) is 13.6. The lowest BCUT2D eigenvalue weighted by molar-refractivity contribution is 0.390. The molecule has 0 radical (unpaired) electrons. The summed E-state index contributed by atoms with van der Waals surface area (Å²) in [6.07, 6.45) is 0.437. The maximum absolute atomic E-state index is 9.75. The molecule has 3 rings (SSSR count). The first kappa shape index (κ1) is 11.2. The first-order chi connectivity index (χ1) is 9.11. The molecule has 6 nitrogen and oxygen atoms in total. The molecular formula is C13H10N4O2. The molecule has 1 aromatic heterocycles. The molecule has 0 bridgehead atoms. The number of aromatic hydroxyl groups is 1. The number of benzene rings is 1. The van der Waals surface area contributed by atoms with Crippen LogP contribution in [-0.2, 0) is 6.42 Å². The number of ether oxygens (including phenoxy) is 1. The van der Waals surface area contributed by atoms with E-state index in [-0.39, 0.29) is 28.7 Å². The third-order valence-corrected chi connectivity index (χ3v) is 3.08. The number of nitriles is 1. The molecule has 1 aliphatic heterocycles. The molecular weight excluding hydrogens is 244 g/mol. The van der Waals surface area contributed by atoms with Crippen LogP contribution in [0.2, 0.25) is 0 Å². The second kappa shape index (κ2) is 3.78. The number of para-hydroxylation sites is 1. The predicted octanol–water partition coefficient (Wildman–Crippen LogP) is 1.52. The number of aromatic nitrogens is 1. The number of rotatable bonds is 0. The summed E-state index contributed by atoms with van der Waals surface area (Å²) in [5.74, 6) is 0.651. The van der Waals surface area contributed by atoms with Crippen molar-refractivity contribution >= 4 is 11.5 Å². The van der Waals surface area contributed by atoms with Crippen molar-refractivity contribution in [3.05, 3.63) is 34.9 Å². The number of anilines is 2. The van der Waals surface area contributed by atoms with E-state index in [0.717, 1.165) is 5.56 Å². The maximum atomic E-state index is 9.75. The molecule has 2 heterocycles. The van der Waals surface area contributed by atoms with Gasteiger partial charge in [0.2, 0.25) is 5.88 Å². The Labute approximate surface area is 108 Å². The minimum absolute atomic E-state index is 0.0256. The zero-order valence-corrected chi connectivity index (χ0v) is 9.84. The molecule has 0 spiro atoms. The first-order valence-corrected chi connectivity index (χ1v) is 5.58. The number of nitrogens with zero attached hydrogens (tertiary/aromatic N) is 2. The topological polar surface area (TPSA) is 118 Å². The molecule has 0 saturated carbocycles. The molecule has 5 N–H and O–H groups in total. The van der Waals surface area contributed by atoms with Crippen molar-refractivity contribution in [3.63, 3.8) is 0 Å². The Morgan fingerprint density at radius 3 is 2.89 bits per heavy atom. The van der Waals surface area contributed by atoms with Crippen LogP contribution in [0.4, 0.5) is 11.5 Å². The smallest absolute Gasteiger partial charge is 0.227 e. The van der Waals surface area contributed by atoms with E-state index in [1.54, 1.807) is 6.07 Å². The van der Waals surface area contributed by atoms with Crippen molar-refractivity contribution in [2.24, 2.45) is 0 Å². The quantitative estimate of drug-likeness (QED) is 0.559. The number of phenolic OH excluding ortho intramolecular Hbond substituents is 1. The Hall–Kier alpha value is -2.94. The molecule has 1 aliphatic rings. The zero-order valence-electron chi connectivity index (χ0n) is 9.84. The van der Waals surface area contributed by atoms with Crippen molar-refractivity contribution in [1.29, 1.82) is 5.26 Å². The summed E-state index contributed by atoms with van der Waals surface area (Å²) in [4.78, 5) is 4.03. The average molecular weight is 254 g/mol. The molecule has 94 valence electrons. The number of nitrogens with two attached hydrogens (primary N) is 2. The first-order valence-electron chi connectivity index (χ1n) is 5.58. The van der Waals surface area contributed by atoms with Gasteiger partial charge in [0.25, 0.3) is 0 Å². The van der Waals surface area contributed by atoms with Crippen LogP contribution < -0.4 is 16.2 Å². The van der Waals surface area contributed by atoms with Crippen molar-refractivity contribution in [1.82, 2.24) is 4.98 Å². The average Bonchev–Trinajstić information content (AvgIpc) is 2.39. The van der Waals surface area contributed by atoms with Crippen LogP contribution >= 0.6 is 0 Å². The van der Waals surface area contributed by atoms with E-state index in [1.165, 1.54) is 6.07 Å². The summed E-state index contributed by atoms with van der Waals surface area (Å²) in [7, 11) is 0. The van der Waals surface area contributed by atoms with Gasteiger partial charge in [-0.05, 0) is 6.07 Å². The minimum Gasteiger partial charge on any atom is -0.504 e. The highest BCUT2D eigenvalue weighted by molar-refractivity contribution is 5.72. The highest BCUT2D eigenvalue weighted by Gasteiger charge is 2.25. The maximum Gasteiger partial charge on any atom is 0.227 e. The van der Waals surface area contributed by atoms with E-state index in [4.69, 9.17) is 21.5 Å². The Morgan fingerprint density at radius 1 is 1.37 bits per heavy atom. The summed E-state index contributed by atoms with van der Waals surface area (Å²) in [6, 6.07) is 7.00. The summed E-state index contributed by atoms with van der Waals surface area (Å²) in [6.45, 7) is 0. The minimum atomic E-state index is 0.0256. The third kappa shape index (κ3) is 1.52. The molecule has 0 aliphatic carbocycles. The van der Waals surface area contributed by atoms with E-state index >= 15 is 0 Å². The normalized spacial score (nSPS) is 11.9. The molecule has 19 heavy (non-hydrogen) atoms. The van der Waals surface area contributed by atoms with Gasteiger partial charge in [-0.15, -0.1) is 0 Å². The van der Waals surface area contributed by atoms with E-state index in [1.807, 2.05) is 12.1 Å². The number of hydrogen-bond acceptors (Lipinski definition) is 6. The molecule has 1 aromatic carbocycles. The lowest BCUT2D eigenvalue weighted by atomic mass is 9.99. The fourth-order valence-corrected chi connectivity index (χ4v) is 2.13. The number of hydrogen-bond donors (Lipinski definition) is 3. The monoisotopic (exact) mass is 254 g/mol. The second-order valence-corrected chi connectivity index (χ2v) is 4.23. The fourth-order valence-electron chi connectivity index (χ4n) is 2.13. The van der Waals surface area contributed by atoms with Crippen LogP contribution in [0.5, 0.6) is 17.4 Å². The van der Waals surface area contributed by atoms with Gasteiger partial charge >= 0.3 is 0 Å². The van der Waals surface area contributed by atoms with Crippen LogP contribution in [0.15, 0.2) is 18.2 Å². The van der Waals surface area contributed by atoms with Gasteiger partial charge in [0.15, 0.2) is 11.5 Å². The van der Waals surface area contributed by atoms with Gasteiger partial charge in [-0.25, -0.2) is 0 Å². The van der Waals surface area contributed by atoms with Crippen molar-refractivity contribution < 1.29 is 9.84 Å². The SMILES string of the molecule is N#Cc1c(N)nc2c(c1N)Cc1cccc(O)c1O2. The van der Waals surface area contributed by atoms with Gasteiger partial charge in [-0.2, -0.15) is 10.2 Å². The molecule has 0 unspecified atom stereocenters. The lowest BCUT2D eigenvalue weighted by Gasteiger charge is -2.22. The van der Waals surface area contributed by atoms with Gasteiger partial charge < -0.3 is 21.3 Å². The second-order valence-electron chi connectivity index (χ2n) is 4.23. The lowest BCUT2D eigenvalue weighted by Crippen LogP contribution is -2.11. The predicted molar refractivity (Wildman–Crippen MR) is 68.8 cm³/mol. The molecule has 0 atom stereocenters. The Kier molecular flexibility index (Phi) is 2.22. The number of fused-ring (bicyclic) bond motifs is 2. The third-order valence-electron chi connectivity index (χ3n) is 3.08. The highest BCUT2D eigenvalue weighted by Crippen LogP contribution is 2.43. The molecule has 6 heteroatoms. The summed E-state index contributed by atoms with van der Waals surface area (Å²) >= 11 is 0. The summed E-state index contributed by atoms with van der Waals surface area (Å²) < 4.78 is 5.54. The van der Waals surface area contributed by atoms with Crippen LogP contribution in [0, 0.1) is 11.3 Å². The molecule has 2 aromatic rings. The van der Waals surface area contributed by atoms with Crippen molar-refractivity contribution in [3.8, 4) is 23.4 Å². The largest absolute Gasteiger partial charge is 0.504 e. The van der Waals surface area contributed by atoms with E-state index in [2.05, 4.69) is 4.98 Å². The fraction of sp³-hybridized carbons (Fsp3) is 0.0769. The Balaban J connectivity index is 2.21. The van der Waals surface area contributed by atoms with Gasteiger partial charge in [-0.3, -0.25) is 0 Å². The number of pyridine rings is 1. The van der Waals surface area contributed by atoms with Gasteiger partial charge in [0.1, 0.15) is 17.5 Å². The summed E-state index contributed by atoms with van der Waals surface area (Å²) in [5.41, 5.74) is 13.4.